The Bertz CT molecular complexity index is 397. The van der Waals surface area contributed by atoms with Gasteiger partial charge in [-0.3, -0.25) is 0 Å². The summed E-state index contributed by atoms with van der Waals surface area (Å²) in [5, 5.41) is 2.93. The molecule has 6 heteroatoms. The van der Waals surface area contributed by atoms with E-state index in [-0.39, 0.29) is 17.7 Å². The molecule has 1 unspecified atom stereocenters. The Morgan fingerprint density at radius 3 is 2.88 bits per heavy atom. The average Bonchev–Trinajstić information content (AvgIpc) is 2.60. The first-order chi connectivity index (χ1) is 7.56. The Morgan fingerprint density at radius 1 is 1.50 bits per heavy atom. The maximum absolute atomic E-state index is 13.3. The molecule has 16 heavy (non-hydrogen) atoms. The summed E-state index contributed by atoms with van der Waals surface area (Å²) in [6.07, 6.45) is 0.912. The normalized spacial score (nSPS) is 21.3. The Balaban J connectivity index is 2.12. The van der Waals surface area contributed by atoms with Gasteiger partial charge in [-0.15, -0.1) is 0 Å². The first-order valence-corrected chi connectivity index (χ1v) is 5.13. The number of halogens is 2. The number of rotatable bonds is 2. The van der Waals surface area contributed by atoms with E-state index in [2.05, 4.69) is 15.2 Å². The van der Waals surface area contributed by atoms with Crippen molar-refractivity contribution >= 4 is 11.6 Å². The lowest BCUT2D eigenvalue weighted by Crippen LogP contribution is -2.24. The molecular formula is C10H14F2N4. The third-order valence-electron chi connectivity index (χ3n) is 2.69. The van der Waals surface area contributed by atoms with Gasteiger partial charge in [-0.2, -0.15) is 0 Å². The van der Waals surface area contributed by atoms with Crippen molar-refractivity contribution in [2.45, 2.75) is 12.5 Å². The predicted molar refractivity (Wildman–Crippen MR) is 58.1 cm³/mol. The highest BCUT2D eigenvalue weighted by molar-refractivity contribution is 5.45. The Hall–Kier alpha value is -1.43. The fourth-order valence-electron chi connectivity index (χ4n) is 1.83. The van der Waals surface area contributed by atoms with Gasteiger partial charge in [-0.05, 0) is 20.0 Å². The minimum Gasteiger partial charge on any atom is -0.381 e. The third kappa shape index (κ3) is 2.21. The van der Waals surface area contributed by atoms with Crippen molar-refractivity contribution in [2.24, 2.45) is 0 Å². The standard InChI is InChI=1S/C10H14F2N4/c1-16-3-2-6(5-16)14-10-8(12)4-7(11)9(13)15-10/h4,6H,2-3,5H2,1H3,(H3,13,14,15). The van der Waals surface area contributed by atoms with Gasteiger partial charge in [0.1, 0.15) is 0 Å². The highest BCUT2D eigenvalue weighted by Crippen LogP contribution is 2.19. The fourth-order valence-corrected chi connectivity index (χ4v) is 1.83. The molecule has 0 bridgehead atoms. The van der Waals surface area contributed by atoms with Gasteiger partial charge in [0.25, 0.3) is 0 Å². The van der Waals surface area contributed by atoms with Crippen molar-refractivity contribution in [3.63, 3.8) is 0 Å². The molecule has 0 radical (unpaired) electrons. The van der Waals surface area contributed by atoms with Gasteiger partial charge < -0.3 is 16.0 Å². The molecule has 0 amide bonds. The van der Waals surface area contributed by atoms with Crippen LogP contribution in [-0.4, -0.2) is 36.1 Å². The smallest absolute Gasteiger partial charge is 0.168 e. The van der Waals surface area contributed by atoms with Crippen LogP contribution in [0, 0.1) is 11.6 Å². The molecule has 0 aromatic carbocycles. The summed E-state index contributed by atoms with van der Waals surface area (Å²) >= 11 is 0. The van der Waals surface area contributed by atoms with E-state index in [4.69, 9.17) is 5.73 Å². The van der Waals surface area contributed by atoms with Gasteiger partial charge in [0.2, 0.25) is 0 Å². The van der Waals surface area contributed by atoms with E-state index < -0.39 is 11.6 Å². The number of likely N-dealkylation sites (N-methyl/N-ethyl adjacent to an activating group) is 1. The topological polar surface area (TPSA) is 54.2 Å². The number of aromatic nitrogens is 1. The summed E-state index contributed by atoms with van der Waals surface area (Å²) in [5.41, 5.74) is 5.29. The van der Waals surface area contributed by atoms with E-state index in [1.165, 1.54) is 0 Å². The molecule has 1 fully saturated rings. The molecule has 4 nitrogen and oxygen atoms in total. The predicted octanol–water partition coefficient (Wildman–Crippen LogP) is 1.06. The zero-order valence-corrected chi connectivity index (χ0v) is 9.00. The summed E-state index contributed by atoms with van der Waals surface area (Å²) in [6, 6.07) is 0.889. The molecule has 1 aliphatic heterocycles. The van der Waals surface area contributed by atoms with E-state index in [0.717, 1.165) is 25.6 Å². The molecular weight excluding hydrogens is 214 g/mol. The molecule has 2 heterocycles. The number of nitrogens with one attached hydrogen (secondary N) is 1. The Kier molecular flexibility index (Phi) is 2.91. The van der Waals surface area contributed by atoms with Crippen LogP contribution in [-0.2, 0) is 0 Å². The second-order valence-corrected chi connectivity index (χ2v) is 4.08. The lowest BCUT2D eigenvalue weighted by atomic mass is 10.2. The molecule has 1 aromatic rings. The summed E-state index contributed by atoms with van der Waals surface area (Å²) in [5.74, 6) is -1.79. The summed E-state index contributed by atoms with van der Waals surface area (Å²) < 4.78 is 26.2. The van der Waals surface area contributed by atoms with Crippen LogP contribution >= 0.6 is 0 Å². The maximum atomic E-state index is 13.3. The molecule has 2 rings (SSSR count). The lowest BCUT2D eigenvalue weighted by molar-refractivity contribution is 0.413. The molecule has 0 saturated carbocycles. The highest BCUT2D eigenvalue weighted by Gasteiger charge is 2.21. The number of anilines is 2. The molecule has 1 saturated heterocycles. The minimum absolute atomic E-state index is 0.0270. The van der Waals surface area contributed by atoms with Crippen LogP contribution in [0.25, 0.3) is 0 Å². The zero-order valence-electron chi connectivity index (χ0n) is 9.00. The van der Waals surface area contributed by atoms with Crippen molar-refractivity contribution < 1.29 is 8.78 Å². The quantitative estimate of drug-likeness (QED) is 0.794. The Labute approximate surface area is 92.5 Å². The van der Waals surface area contributed by atoms with Crippen molar-refractivity contribution in [3.8, 4) is 0 Å². The number of hydrogen-bond acceptors (Lipinski definition) is 4. The molecule has 1 aromatic heterocycles. The Morgan fingerprint density at radius 2 is 2.25 bits per heavy atom. The number of likely N-dealkylation sites (tertiary alicyclic amines) is 1. The van der Waals surface area contributed by atoms with Crippen LogP contribution in [0.5, 0.6) is 0 Å². The van der Waals surface area contributed by atoms with Crippen LogP contribution in [0.4, 0.5) is 20.4 Å². The van der Waals surface area contributed by atoms with Crippen molar-refractivity contribution in [1.29, 1.82) is 0 Å². The zero-order chi connectivity index (χ0) is 11.7. The summed E-state index contributed by atoms with van der Waals surface area (Å²) in [4.78, 5) is 5.79. The third-order valence-corrected chi connectivity index (χ3v) is 2.69. The van der Waals surface area contributed by atoms with Gasteiger partial charge in [-0.1, -0.05) is 0 Å². The van der Waals surface area contributed by atoms with Crippen LogP contribution in [0.2, 0.25) is 0 Å². The molecule has 3 N–H and O–H groups in total. The SMILES string of the molecule is CN1CCC(Nc2nc(N)c(F)cc2F)C1. The molecule has 88 valence electrons. The number of nitrogens with two attached hydrogens (primary N) is 1. The second-order valence-electron chi connectivity index (χ2n) is 4.08. The second kappa shape index (κ2) is 4.21. The van der Waals surface area contributed by atoms with Crippen LogP contribution < -0.4 is 11.1 Å². The lowest BCUT2D eigenvalue weighted by Gasteiger charge is -2.14. The summed E-state index contributed by atoms with van der Waals surface area (Å²) in [7, 11) is 1.99. The number of nitrogen functional groups attached to an aromatic ring is 1. The van der Waals surface area contributed by atoms with E-state index in [1.807, 2.05) is 7.05 Å². The molecule has 0 spiro atoms. The fraction of sp³-hybridized carbons (Fsp3) is 0.500. The number of hydrogen-bond donors (Lipinski definition) is 2. The maximum Gasteiger partial charge on any atom is 0.168 e. The van der Waals surface area contributed by atoms with Crippen LogP contribution in [0.15, 0.2) is 6.07 Å². The number of nitrogens with zero attached hydrogens (tertiary/aromatic N) is 2. The van der Waals surface area contributed by atoms with E-state index >= 15 is 0 Å². The number of pyridine rings is 1. The van der Waals surface area contributed by atoms with Gasteiger partial charge in [0, 0.05) is 18.7 Å². The van der Waals surface area contributed by atoms with Gasteiger partial charge in [0.15, 0.2) is 23.3 Å². The monoisotopic (exact) mass is 228 g/mol. The van der Waals surface area contributed by atoms with Crippen molar-refractivity contribution in [3.05, 3.63) is 17.7 Å². The van der Waals surface area contributed by atoms with Crippen LogP contribution in [0.3, 0.4) is 0 Å². The van der Waals surface area contributed by atoms with Crippen molar-refractivity contribution in [2.75, 3.05) is 31.2 Å². The van der Waals surface area contributed by atoms with Crippen LogP contribution in [0.1, 0.15) is 6.42 Å². The summed E-state index contributed by atoms with van der Waals surface area (Å²) in [6.45, 7) is 1.77. The van der Waals surface area contributed by atoms with E-state index in [0.29, 0.717) is 0 Å². The van der Waals surface area contributed by atoms with Gasteiger partial charge in [-0.25, -0.2) is 13.8 Å². The van der Waals surface area contributed by atoms with E-state index in [1.54, 1.807) is 0 Å². The highest BCUT2D eigenvalue weighted by atomic mass is 19.1. The van der Waals surface area contributed by atoms with Crippen molar-refractivity contribution in [1.82, 2.24) is 9.88 Å². The average molecular weight is 228 g/mol. The minimum atomic E-state index is -0.827. The molecule has 0 aliphatic carbocycles. The largest absolute Gasteiger partial charge is 0.381 e. The van der Waals surface area contributed by atoms with E-state index in [9.17, 15) is 8.78 Å². The van der Waals surface area contributed by atoms with Gasteiger partial charge >= 0.3 is 0 Å². The molecule has 1 aliphatic rings. The van der Waals surface area contributed by atoms with Gasteiger partial charge in [0.05, 0.1) is 0 Å². The molecule has 1 atom stereocenters. The first-order valence-electron chi connectivity index (χ1n) is 5.13. The first kappa shape index (κ1) is 11.1.